The van der Waals surface area contributed by atoms with E-state index in [1.54, 1.807) is 18.2 Å². The number of para-hydroxylation sites is 1. The number of halogens is 1. The second-order valence-corrected chi connectivity index (χ2v) is 7.33. The molecule has 5 nitrogen and oxygen atoms in total. The second kappa shape index (κ2) is 7.97. The molecule has 1 aliphatic heterocycles. The van der Waals surface area contributed by atoms with Gasteiger partial charge in [-0.05, 0) is 42.5 Å². The van der Waals surface area contributed by atoms with E-state index in [0.717, 1.165) is 21.8 Å². The summed E-state index contributed by atoms with van der Waals surface area (Å²) in [6.07, 6.45) is 1.52. The van der Waals surface area contributed by atoms with Gasteiger partial charge < -0.3 is 9.84 Å². The van der Waals surface area contributed by atoms with Crippen LogP contribution in [0.4, 0.5) is 4.79 Å². The van der Waals surface area contributed by atoms with Gasteiger partial charge in [0.1, 0.15) is 0 Å². The maximum atomic E-state index is 12.6. The number of hydrogen-bond acceptors (Lipinski definition) is 5. The highest BCUT2D eigenvalue weighted by Gasteiger charge is 2.35. The van der Waals surface area contributed by atoms with Crippen molar-refractivity contribution in [3.63, 3.8) is 0 Å². The van der Waals surface area contributed by atoms with E-state index >= 15 is 0 Å². The lowest BCUT2D eigenvalue weighted by molar-refractivity contribution is -0.123. The molecule has 134 valence electrons. The maximum absolute atomic E-state index is 12.6. The largest absolute Gasteiger partial charge is 0.504 e. The van der Waals surface area contributed by atoms with Gasteiger partial charge in [-0.3, -0.25) is 14.5 Å². The fourth-order valence-electron chi connectivity index (χ4n) is 2.50. The molecule has 1 saturated heterocycles. The number of thioether (sulfide) groups is 1. The van der Waals surface area contributed by atoms with Gasteiger partial charge in [0, 0.05) is 10.0 Å². The van der Waals surface area contributed by atoms with E-state index in [2.05, 4.69) is 15.9 Å². The Labute approximate surface area is 163 Å². The highest BCUT2D eigenvalue weighted by Crippen LogP contribution is 2.37. The summed E-state index contributed by atoms with van der Waals surface area (Å²) in [5.74, 6) is -0.0855. The molecule has 2 aromatic rings. The monoisotopic (exact) mass is 433 g/mol. The van der Waals surface area contributed by atoms with E-state index in [4.69, 9.17) is 4.74 Å². The topological polar surface area (TPSA) is 66.8 Å². The van der Waals surface area contributed by atoms with Crippen molar-refractivity contribution in [1.29, 1.82) is 0 Å². The van der Waals surface area contributed by atoms with E-state index in [1.165, 1.54) is 11.0 Å². The lowest BCUT2D eigenvalue weighted by Crippen LogP contribution is -2.27. The molecule has 0 aliphatic carbocycles. The van der Waals surface area contributed by atoms with Crippen LogP contribution in [0.2, 0.25) is 0 Å². The molecule has 2 amide bonds. The van der Waals surface area contributed by atoms with Crippen LogP contribution >= 0.6 is 27.7 Å². The van der Waals surface area contributed by atoms with Gasteiger partial charge in [-0.15, -0.1) is 0 Å². The molecule has 26 heavy (non-hydrogen) atoms. The fourth-order valence-corrected chi connectivity index (χ4v) is 3.74. The predicted octanol–water partition coefficient (Wildman–Crippen LogP) is 4.79. The first-order valence-electron chi connectivity index (χ1n) is 7.94. The van der Waals surface area contributed by atoms with Gasteiger partial charge in [0.25, 0.3) is 11.1 Å². The van der Waals surface area contributed by atoms with Crippen molar-refractivity contribution in [2.75, 3.05) is 6.61 Å². The first kappa shape index (κ1) is 18.5. The molecule has 0 unspecified atom stereocenters. The minimum Gasteiger partial charge on any atom is -0.504 e. The number of phenols is 1. The Hall–Kier alpha value is -2.25. The highest BCUT2D eigenvalue weighted by molar-refractivity contribution is 9.10. The van der Waals surface area contributed by atoms with Crippen molar-refractivity contribution in [3.8, 4) is 11.5 Å². The molecule has 1 heterocycles. The number of amides is 2. The molecule has 0 radical (unpaired) electrons. The minimum absolute atomic E-state index is 0.0491. The van der Waals surface area contributed by atoms with E-state index in [1.807, 2.05) is 31.2 Å². The van der Waals surface area contributed by atoms with Crippen LogP contribution < -0.4 is 4.74 Å². The molecule has 1 aliphatic rings. The fraction of sp³-hybridized carbons (Fsp3) is 0.158. The number of nitrogens with zero attached hydrogens (tertiary/aromatic N) is 1. The van der Waals surface area contributed by atoms with Gasteiger partial charge >= 0.3 is 0 Å². The molecule has 0 aromatic heterocycles. The number of carbonyl (C=O) groups excluding carboxylic acids is 2. The predicted molar refractivity (Wildman–Crippen MR) is 105 cm³/mol. The first-order valence-corrected chi connectivity index (χ1v) is 9.55. The molecule has 2 aromatic carbocycles. The summed E-state index contributed by atoms with van der Waals surface area (Å²) in [6.45, 7) is 2.42. The Morgan fingerprint density at radius 3 is 2.69 bits per heavy atom. The van der Waals surface area contributed by atoms with Crippen molar-refractivity contribution in [1.82, 2.24) is 4.90 Å². The number of aromatic hydroxyl groups is 1. The van der Waals surface area contributed by atoms with E-state index in [0.29, 0.717) is 17.9 Å². The van der Waals surface area contributed by atoms with Crippen LogP contribution in [0.3, 0.4) is 0 Å². The zero-order chi connectivity index (χ0) is 18.7. The van der Waals surface area contributed by atoms with Gasteiger partial charge in [-0.2, -0.15) is 0 Å². The van der Waals surface area contributed by atoms with Crippen molar-refractivity contribution in [2.24, 2.45) is 0 Å². The quantitative estimate of drug-likeness (QED) is 0.686. The average Bonchev–Trinajstić information content (AvgIpc) is 2.88. The molecule has 3 rings (SSSR count). The molecule has 0 saturated carbocycles. The van der Waals surface area contributed by atoms with Crippen LogP contribution in [0.1, 0.15) is 18.1 Å². The van der Waals surface area contributed by atoms with Crippen LogP contribution in [0.15, 0.2) is 51.8 Å². The van der Waals surface area contributed by atoms with Crippen molar-refractivity contribution < 1.29 is 19.4 Å². The SMILES string of the molecule is CCOc1cccc(/C=C2\SC(=O)N(Cc3ccccc3Br)C2=O)c1O. The zero-order valence-corrected chi connectivity index (χ0v) is 16.3. The lowest BCUT2D eigenvalue weighted by Gasteiger charge is -2.13. The van der Waals surface area contributed by atoms with Crippen LogP contribution in [0.25, 0.3) is 6.08 Å². The van der Waals surface area contributed by atoms with E-state index in [9.17, 15) is 14.7 Å². The summed E-state index contributed by atoms with van der Waals surface area (Å²) >= 11 is 4.29. The number of carbonyl (C=O) groups is 2. The third-order valence-electron chi connectivity index (χ3n) is 3.78. The summed E-state index contributed by atoms with van der Waals surface area (Å²) in [6, 6.07) is 12.5. The van der Waals surface area contributed by atoms with Crippen LogP contribution in [-0.4, -0.2) is 27.8 Å². The molecule has 0 bridgehead atoms. The highest BCUT2D eigenvalue weighted by atomic mass is 79.9. The Morgan fingerprint density at radius 2 is 1.96 bits per heavy atom. The van der Waals surface area contributed by atoms with Gasteiger partial charge in [0.05, 0.1) is 18.1 Å². The number of benzene rings is 2. The lowest BCUT2D eigenvalue weighted by atomic mass is 10.1. The standard InChI is InChI=1S/C19H16BrNO4S/c1-2-25-15-9-5-7-12(17(15)22)10-16-18(23)21(19(24)26-16)11-13-6-3-4-8-14(13)20/h3-10,22H,2,11H2,1H3/b16-10-. The number of phenolic OH excluding ortho intramolecular Hbond substituents is 1. The van der Waals surface area contributed by atoms with Crippen LogP contribution in [0, 0.1) is 0 Å². The summed E-state index contributed by atoms with van der Waals surface area (Å²) in [5.41, 5.74) is 1.28. The smallest absolute Gasteiger partial charge is 0.293 e. The molecular formula is C19H16BrNO4S. The third-order valence-corrected chi connectivity index (χ3v) is 5.46. The van der Waals surface area contributed by atoms with Crippen molar-refractivity contribution in [3.05, 3.63) is 63.0 Å². The molecule has 0 atom stereocenters. The number of imide groups is 1. The van der Waals surface area contributed by atoms with Crippen LogP contribution in [0.5, 0.6) is 11.5 Å². The summed E-state index contributed by atoms with van der Waals surface area (Å²) in [5, 5.41) is 9.94. The summed E-state index contributed by atoms with van der Waals surface area (Å²) in [7, 11) is 0. The first-order chi connectivity index (χ1) is 12.5. The number of hydrogen-bond donors (Lipinski definition) is 1. The third kappa shape index (κ3) is 3.78. The molecule has 1 fully saturated rings. The van der Waals surface area contributed by atoms with Gasteiger partial charge in [-0.1, -0.05) is 46.3 Å². The summed E-state index contributed by atoms with van der Waals surface area (Å²) < 4.78 is 6.19. The minimum atomic E-state index is -0.378. The van der Waals surface area contributed by atoms with E-state index < -0.39 is 0 Å². The molecule has 7 heteroatoms. The second-order valence-electron chi connectivity index (χ2n) is 5.49. The Kier molecular flexibility index (Phi) is 5.68. The molecule has 1 N–H and O–H groups in total. The van der Waals surface area contributed by atoms with Gasteiger partial charge in [-0.25, -0.2) is 0 Å². The Bertz CT molecular complexity index is 897. The Morgan fingerprint density at radius 1 is 1.19 bits per heavy atom. The zero-order valence-electron chi connectivity index (χ0n) is 13.9. The molecular weight excluding hydrogens is 418 g/mol. The average molecular weight is 434 g/mol. The number of rotatable bonds is 5. The van der Waals surface area contributed by atoms with Gasteiger partial charge in [0.2, 0.25) is 0 Å². The van der Waals surface area contributed by atoms with Crippen molar-refractivity contribution in [2.45, 2.75) is 13.5 Å². The van der Waals surface area contributed by atoms with Crippen LogP contribution in [-0.2, 0) is 11.3 Å². The van der Waals surface area contributed by atoms with Gasteiger partial charge in [0.15, 0.2) is 11.5 Å². The summed E-state index contributed by atoms with van der Waals surface area (Å²) in [4.78, 5) is 26.4. The molecule has 0 spiro atoms. The van der Waals surface area contributed by atoms with E-state index in [-0.39, 0.29) is 28.3 Å². The van der Waals surface area contributed by atoms with Crippen molar-refractivity contribution >= 4 is 44.9 Å². The number of ether oxygens (including phenoxy) is 1. The normalized spacial score (nSPS) is 15.8. The maximum Gasteiger partial charge on any atom is 0.293 e. The Balaban J connectivity index is 1.86.